The van der Waals surface area contributed by atoms with Gasteiger partial charge in [-0.1, -0.05) is 35.9 Å². The predicted molar refractivity (Wildman–Crippen MR) is 75.1 cm³/mol. The molecule has 3 nitrogen and oxygen atoms in total. The van der Waals surface area contributed by atoms with Crippen LogP contribution in [0.25, 0.3) is 0 Å². The zero-order valence-corrected chi connectivity index (χ0v) is 11.5. The molecule has 0 amide bonds. The largest absolute Gasteiger partial charge is 0.466 e. The molecule has 0 aliphatic carbocycles. The van der Waals surface area contributed by atoms with Crippen LogP contribution in [-0.2, 0) is 9.53 Å². The van der Waals surface area contributed by atoms with Crippen LogP contribution in [0.15, 0.2) is 36.9 Å². The van der Waals surface area contributed by atoms with Gasteiger partial charge in [0.15, 0.2) is 5.78 Å². The van der Waals surface area contributed by atoms with Gasteiger partial charge in [0.05, 0.1) is 12.5 Å². The number of ether oxygens (including phenoxy) is 1. The van der Waals surface area contributed by atoms with Crippen molar-refractivity contribution >= 4 is 11.8 Å². The third kappa shape index (κ3) is 4.70. The van der Waals surface area contributed by atoms with Crippen molar-refractivity contribution < 1.29 is 14.3 Å². The highest BCUT2D eigenvalue weighted by Gasteiger charge is 2.22. The number of aryl methyl sites for hydroxylation is 1. The summed E-state index contributed by atoms with van der Waals surface area (Å²) in [5, 5.41) is 0. The molecule has 0 N–H and O–H groups in total. The molecule has 0 heterocycles. The highest BCUT2D eigenvalue weighted by atomic mass is 16.5. The zero-order valence-electron chi connectivity index (χ0n) is 11.5. The fourth-order valence-corrected chi connectivity index (χ4v) is 1.81. The van der Waals surface area contributed by atoms with Gasteiger partial charge in [-0.05, 0) is 20.3 Å². The van der Waals surface area contributed by atoms with Gasteiger partial charge >= 0.3 is 5.97 Å². The second-order valence-corrected chi connectivity index (χ2v) is 4.47. The fraction of sp³-hybridized carbons (Fsp3) is 0.375. The Balaban J connectivity index is 2.73. The number of Topliss-reactive ketones (excluding diaryl/α,β-unsaturated/α-hetero) is 1. The first-order valence-corrected chi connectivity index (χ1v) is 6.45. The Labute approximate surface area is 114 Å². The maximum Gasteiger partial charge on any atom is 0.309 e. The van der Waals surface area contributed by atoms with Crippen LogP contribution in [0.2, 0.25) is 0 Å². The fourth-order valence-electron chi connectivity index (χ4n) is 1.81. The van der Waals surface area contributed by atoms with Crippen molar-refractivity contribution in [3.8, 4) is 0 Å². The minimum Gasteiger partial charge on any atom is -0.466 e. The smallest absolute Gasteiger partial charge is 0.309 e. The summed E-state index contributed by atoms with van der Waals surface area (Å²) in [6, 6.07) is 7.35. The van der Waals surface area contributed by atoms with Gasteiger partial charge in [-0.2, -0.15) is 0 Å². The van der Waals surface area contributed by atoms with Gasteiger partial charge in [-0.25, -0.2) is 0 Å². The lowest BCUT2D eigenvalue weighted by Gasteiger charge is -2.13. The van der Waals surface area contributed by atoms with Crippen molar-refractivity contribution in [2.45, 2.75) is 26.7 Å². The van der Waals surface area contributed by atoms with Crippen LogP contribution in [-0.4, -0.2) is 18.4 Å². The summed E-state index contributed by atoms with van der Waals surface area (Å²) >= 11 is 0. The molecular formula is C16H20O3. The average molecular weight is 260 g/mol. The Bertz CT molecular complexity index is 446. The monoisotopic (exact) mass is 260 g/mol. The molecule has 0 radical (unpaired) electrons. The average Bonchev–Trinajstić information content (AvgIpc) is 2.39. The van der Waals surface area contributed by atoms with Crippen molar-refractivity contribution in [2.75, 3.05) is 6.61 Å². The van der Waals surface area contributed by atoms with Gasteiger partial charge in [-0.15, -0.1) is 6.58 Å². The Morgan fingerprint density at radius 3 is 2.47 bits per heavy atom. The van der Waals surface area contributed by atoms with E-state index in [0.717, 1.165) is 5.56 Å². The number of hydrogen-bond acceptors (Lipinski definition) is 3. The van der Waals surface area contributed by atoms with E-state index in [1.807, 2.05) is 19.1 Å². The van der Waals surface area contributed by atoms with E-state index >= 15 is 0 Å². The highest BCUT2D eigenvalue weighted by molar-refractivity contribution is 5.98. The lowest BCUT2D eigenvalue weighted by Crippen LogP contribution is -2.20. The number of rotatable bonds is 7. The minimum atomic E-state index is -0.439. The molecule has 0 aromatic heterocycles. The van der Waals surface area contributed by atoms with Crippen LogP contribution in [0.1, 0.15) is 35.7 Å². The summed E-state index contributed by atoms with van der Waals surface area (Å²) < 4.78 is 4.97. The molecule has 0 aliphatic heterocycles. The second kappa shape index (κ2) is 7.52. The Morgan fingerprint density at radius 2 is 1.95 bits per heavy atom. The summed E-state index contributed by atoms with van der Waals surface area (Å²) in [4.78, 5) is 23.8. The summed E-state index contributed by atoms with van der Waals surface area (Å²) in [5.74, 6) is -0.811. The van der Waals surface area contributed by atoms with Crippen molar-refractivity contribution in [3.05, 3.63) is 48.0 Å². The maximum atomic E-state index is 12.1. The van der Waals surface area contributed by atoms with Gasteiger partial charge in [0.1, 0.15) is 0 Å². The number of esters is 1. The standard InChI is InChI=1S/C16H20O3/c1-4-6-14(16(18)19-5-2)11-15(17)13-9-7-12(3)8-10-13/h4,7-10,14H,1,5-6,11H2,2-3H3. The number of ketones is 1. The Hall–Kier alpha value is -1.90. The molecular weight excluding hydrogens is 240 g/mol. The normalized spacial score (nSPS) is 11.7. The lowest BCUT2D eigenvalue weighted by molar-refractivity contribution is -0.147. The highest BCUT2D eigenvalue weighted by Crippen LogP contribution is 2.16. The number of hydrogen-bond donors (Lipinski definition) is 0. The molecule has 1 aromatic rings. The summed E-state index contributed by atoms with van der Waals surface area (Å²) in [6.07, 6.45) is 2.26. The van der Waals surface area contributed by atoms with Crippen LogP contribution in [0.5, 0.6) is 0 Å². The van der Waals surface area contributed by atoms with Gasteiger partial charge in [-0.3, -0.25) is 9.59 Å². The van der Waals surface area contributed by atoms with Crippen molar-refractivity contribution in [2.24, 2.45) is 5.92 Å². The molecule has 0 spiro atoms. The van der Waals surface area contributed by atoms with Crippen LogP contribution in [0, 0.1) is 12.8 Å². The lowest BCUT2D eigenvalue weighted by atomic mass is 9.95. The van der Waals surface area contributed by atoms with Crippen molar-refractivity contribution in [1.29, 1.82) is 0 Å². The molecule has 1 aromatic carbocycles. The first-order chi connectivity index (χ1) is 9.08. The van der Waals surface area contributed by atoms with Crippen molar-refractivity contribution in [3.63, 3.8) is 0 Å². The van der Waals surface area contributed by atoms with E-state index in [-0.39, 0.29) is 18.2 Å². The number of carbonyl (C=O) groups is 2. The molecule has 1 rings (SSSR count). The Kier molecular flexibility index (Phi) is 6.00. The maximum absolute atomic E-state index is 12.1. The van der Waals surface area contributed by atoms with E-state index in [9.17, 15) is 9.59 Å². The molecule has 0 saturated heterocycles. The molecule has 102 valence electrons. The first-order valence-electron chi connectivity index (χ1n) is 6.45. The van der Waals surface area contributed by atoms with Gasteiger partial charge in [0, 0.05) is 12.0 Å². The first kappa shape index (κ1) is 15.2. The van der Waals surface area contributed by atoms with Crippen molar-refractivity contribution in [1.82, 2.24) is 0 Å². The predicted octanol–water partition coefficient (Wildman–Crippen LogP) is 3.32. The molecule has 0 bridgehead atoms. The summed E-state index contributed by atoms with van der Waals surface area (Å²) in [5.41, 5.74) is 1.73. The van der Waals surface area contributed by atoms with Crippen LogP contribution < -0.4 is 0 Å². The molecule has 1 unspecified atom stereocenters. The quantitative estimate of drug-likeness (QED) is 0.429. The van der Waals surface area contributed by atoms with E-state index in [4.69, 9.17) is 4.74 Å². The van der Waals surface area contributed by atoms with Crippen LogP contribution >= 0.6 is 0 Å². The van der Waals surface area contributed by atoms with E-state index < -0.39 is 5.92 Å². The van der Waals surface area contributed by atoms with E-state index in [0.29, 0.717) is 18.6 Å². The number of carbonyl (C=O) groups excluding carboxylic acids is 2. The van der Waals surface area contributed by atoms with Crippen LogP contribution in [0.4, 0.5) is 0 Å². The van der Waals surface area contributed by atoms with Gasteiger partial charge in [0.2, 0.25) is 0 Å². The third-order valence-electron chi connectivity index (χ3n) is 2.88. The number of allylic oxidation sites excluding steroid dienone is 1. The minimum absolute atomic E-state index is 0.0418. The molecule has 0 aliphatic rings. The van der Waals surface area contributed by atoms with Gasteiger partial charge < -0.3 is 4.74 Å². The topological polar surface area (TPSA) is 43.4 Å². The molecule has 0 saturated carbocycles. The summed E-state index contributed by atoms with van der Waals surface area (Å²) in [7, 11) is 0. The SMILES string of the molecule is C=CCC(CC(=O)c1ccc(C)cc1)C(=O)OCC. The van der Waals surface area contributed by atoms with Gasteiger partial charge in [0.25, 0.3) is 0 Å². The van der Waals surface area contributed by atoms with E-state index in [1.54, 1.807) is 25.1 Å². The third-order valence-corrected chi connectivity index (χ3v) is 2.88. The molecule has 3 heteroatoms. The van der Waals surface area contributed by atoms with E-state index in [1.165, 1.54) is 0 Å². The number of benzene rings is 1. The Morgan fingerprint density at radius 1 is 1.32 bits per heavy atom. The molecule has 19 heavy (non-hydrogen) atoms. The molecule has 0 fully saturated rings. The zero-order chi connectivity index (χ0) is 14.3. The summed E-state index contributed by atoms with van der Waals surface area (Å²) in [6.45, 7) is 7.66. The molecule has 1 atom stereocenters. The van der Waals surface area contributed by atoms with E-state index in [2.05, 4.69) is 6.58 Å². The second-order valence-electron chi connectivity index (χ2n) is 4.47. The van der Waals surface area contributed by atoms with Crippen LogP contribution in [0.3, 0.4) is 0 Å².